The summed E-state index contributed by atoms with van der Waals surface area (Å²) in [5.41, 5.74) is 1.30. The van der Waals surface area contributed by atoms with Gasteiger partial charge in [0.05, 0.1) is 11.6 Å². The van der Waals surface area contributed by atoms with E-state index in [9.17, 15) is 4.79 Å². The molecule has 9 heteroatoms. The van der Waals surface area contributed by atoms with Crippen LogP contribution in [0.2, 0.25) is 0 Å². The molecule has 0 unspecified atom stereocenters. The van der Waals surface area contributed by atoms with Crippen LogP contribution in [0.3, 0.4) is 0 Å². The van der Waals surface area contributed by atoms with Crippen molar-refractivity contribution in [2.75, 3.05) is 13.1 Å². The molecule has 0 aliphatic carbocycles. The van der Waals surface area contributed by atoms with Gasteiger partial charge in [-0.15, -0.1) is 0 Å². The molecule has 1 aromatic rings. The number of hydrogen-bond donors (Lipinski definition) is 1. The molecule has 1 N–H and O–H groups in total. The number of halogens is 1. The van der Waals surface area contributed by atoms with Crippen LogP contribution in [0.5, 0.6) is 0 Å². The van der Waals surface area contributed by atoms with E-state index in [1.54, 1.807) is 25.3 Å². The van der Waals surface area contributed by atoms with Crippen LogP contribution in [0, 0.1) is 6.92 Å². The minimum Gasteiger partial charge on any atom is -0.471 e. The second-order valence-corrected chi connectivity index (χ2v) is 7.84. The lowest BCUT2D eigenvalue weighted by molar-refractivity contribution is -0.117. The van der Waals surface area contributed by atoms with Crippen molar-refractivity contribution in [2.24, 2.45) is 9.98 Å². The van der Waals surface area contributed by atoms with Crippen molar-refractivity contribution in [2.45, 2.75) is 38.4 Å². The van der Waals surface area contributed by atoms with Crippen molar-refractivity contribution in [1.29, 1.82) is 0 Å². The fourth-order valence-electron chi connectivity index (χ4n) is 2.61. The van der Waals surface area contributed by atoms with Crippen molar-refractivity contribution >= 4 is 40.5 Å². The molecule has 0 aromatic carbocycles. The number of allylic oxidation sites excluding steroid dienone is 4. The summed E-state index contributed by atoms with van der Waals surface area (Å²) in [4.78, 5) is 25.2. The maximum atomic E-state index is 12.0. The van der Waals surface area contributed by atoms with Gasteiger partial charge in [0.2, 0.25) is 11.8 Å². The molecule has 0 radical (unpaired) electrons. The van der Waals surface area contributed by atoms with E-state index >= 15 is 0 Å². The summed E-state index contributed by atoms with van der Waals surface area (Å²) in [6.45, 7) is 4.96. The van der Waals surface area contributed by atoms with Gasteiger partial charge in [-0.1, -0.05) is 17.7 Å². The van der Waals surface area contributed by atoms with E-state index in [4.69, 9.17) is 20.8 Å². The number of thioether (sulfide) groups is 1. The average molecular weight is 447 g/mol. The summed E-state index contributed by atoms with van der Waals surface area (Å²) in [7, 11) is 0. The molecular formula is C21H23ClN4O3S. The Morgan fingerprint density at radius 1 is 1.37 bits per heavy atom. The van der Waals surface area contributed by atoms with Gasteiger partial charge in [0, 0.05) is 49.2 Å². The zero-order valence-electron chi connectivity index (χ0n) is 16.9. The van der Waals surface area contributed by atoms with Gasteiger partial charge in [0.25, 0.3) is 0 Å². The first-order valence-electron chi connectivity index (χ1n) is 9.59. The maximum Gasteiger partial charge on any atom is 0.247 e. The van der Waals surface area contributed by atoms with Crippen LogP contribution < -0.4 is 5.32 Å². The summed E-state index contributed by atoms with van der Waals surface area (Å²) in [5, 5.41) is 5.01. The molecular weight excluding hydrogens is 424 g/mol. The predicted octanol–water partition coefficient (Wildman–Crippen LogP) is 4.45. The molecule has 0 bridgehead atoms. The third-order valence-electron chi connectivity index (χ3n) is 4.04. The molecule has 0 atom stereocenters. The van der Waals surface area contributed by atoms with E-state index in [2.05, 4.69) is 20.3 Å². The largest absolute Gasteiger partial charge is 0.471 e. The lowest BCUT2D eigenvalue weighted by Gasteiger charge is -2.05. The number of carbonyl (C=O) groups is 1. The topological polar surface area (TPSA) is 89.1 Å². The van der Waals surface area contributed by atoms with Crippen LogP contribution in [0.4, 0.5) is 0 Å². The minimum absolute atomic E-state index is 0.101. The van der Waals surface area contributed by atoms with Crippen LogP contribution in [-0.2, 0) is 16.1 Å². The zero-order valence-corrected chi connectivity index (χ0v) is 18.4. The monoisotopic (exact) mass is 446 g/mol. The van der Waals surface area contributed by atoms with Crippen LogP contribution in [0.15, 0.2) is 66.4 Å². The highest BCUT2D eigenvalue weighted by atomic mass is 35.5. The SMILES string of the molecule is CCNC(=O)C1=CC=C(OCc2nc(C)oc2SC2=NC/C=C(/Cl)CC=C2)N=CC1. The van der Waals surface area contributed by atoms with Crippen LogP contribution >= 0.6 is 23.4 Å². The fraction of sp³-hybridized carbons (Fsp3) is 0.333. The molecule has 2 aliphatic rings. The van der Waals surface area contributed by atoms with E-state index in [0.29, 0.717) is 54.1 Å². The van der Waals surface area contributed by atoms with Crippen LogP contribution in [-0.4, -0.2) is 35.2 Å². The Balaban J connectivity index is 1.67. The molecule has 158 valence electrons. The van der Waals surface area contributed by atoms with Gasteiger partial charge in [0.15, 0.2) is 11.0 Å². The molecule has 3 heterocycles. The van der Waals surface area contributed by atoms with E-state index in [-0.39, 0.29) is 12.5 Å². The number of aryl methyl sites for hydroxylation is 1. The maximum absolute atomic E-state index is 12.0. The number of nitrogens with one attached hydrogen (secondary N) is 1. The van der Waals surface area contributed by atoms with Gasteiger partial charge in [0.1, 0.15) is 12.3 Å². The molecule has 0 saturated carbocycles. The molecule has 0 saturated heterocycles. The number of likely N-dealkylation sites (N-methyl/N-ethyl adjacent to an activating group) is 1. The second-order valence-electron chi connectivity index (χ2n) is 6.37. The van der Waals surface area contributed by atoms with Crippen LogP contribution in [0.25, 0.3) is 0 Å². The summed E-state index contributed by atoms with van der Waals surface area (Å²) in [6, 6.07) is 0. The Morgan fingerprint density at radius 2 is 2.23 bits per heavy atom. The van der Waals surface area contributed by atoms with E-state index < -0.39 is 0 Å². The summed E-state index contributed by atoms with van der Waals surface area (Å²) < 4.78 is 11.5. The van der Waals surface area contributed by atoms with Crippen molar-refractivity contribution in [3.63, 3.8) is 0 Å². The van der Waals surface area contributed by atoms with Crippen molar-refractivity contribution < 1.29 is 13.9 Å². The lowest BCUT2D eigenvalue weighted by atomic mass is 10.2. The number of amides is 1. The summed E-state index contributed by atoms with van der Waals surface area (Å²) >= 11 is 7.44. The predicted molar refractivity (Wildman–Crippen MR) is 120 cm³/mol. The summed E-state index contributed by atoms with van der Waals surface area (Å²) in [6.07, 6.45) is 12.0. The Labute approximate surface area is 184 Å². The van der Waals surface area contributed by atoms with Gasteiger partial charge < -0.3 is 14.5 Å². The third-order valence-corrected chi connectivity index (χ3v) is 5.33. The summed E-state index contributed by atoms with van der Waals surface area (Å²) in [5.74, 6) is 0.858. The highest BCUT2D eigenvalue weighted by Gasteiger charge is 2.16. The van der Waals surface area contributed by atoms with E-state index in [0.717, 1.165) is 10.1 Å². The van der Waals surface area contributed by atoms with Gasteiger partial charge in [-0.2, -0.15) is 0 Å². The number of carbonyl (C=O) groups excluding carboxylic acids is 1. The van der Waals surface area contributed by atoms with Gasteiger partial charge >= 0.3 is 0 Å². The molecule has 2 aliphatic heterocycles. The molecule has 7 nitrogen and oxygen atoms in total. The lowest BCUT2D eigenvalue weighted by Crippen LogP contribution is -2.24. The quantitative estimate of drug-likeness (QED) is 0.697. The Bertz CT molecular complexity index is 973. The standard InChI is InChI=1S/C21H23ClN4O3S/c1-3-23-20(27)15-7-8-18(24-11-9-15)28-13-17-21(29-14(2)26-17)30-19-6-4-5-16(22)10-12-25-19/h4,6-8,10-11H,3,5,9,12-13H2,1-2H3,(H,23,27)/b6-4?,16-10+,25-19?. The highest BCUT2D eigenvalue weighted by molar-refractivity contribution is 8.14. The molecule has 1 aromatic heterocycles. The van der Waals surface area contributed by atoms with Gasteiger partial charge in [-0.3, -0.25) is 9.79 Å². The molecule has 30 heavy (non-hydrogen) atoms. The first kappa shape index (κ1) is 22.1. The van der Waals surface area contributed by atoms with Gasteiger partial charge in [-0.25, -0.2) is 9.98 Å². The fourth-order valence-corrected chi connectivity index (χ4v) is 3.65. The number of rotatable bonds is 6. The molecule has 0 spiro atoms. The van der Waals surface area contributed by atoms with Crippen molar-refractivity contribution in [1.82, 2.24) is 10.3 Å². The first-order chi connectivity index (χ1) is 14.5. The number of nitrogens with zero attached hydrogens (tertiary/aromatic N) is 3. The molecule has 0 fully saturated rings. The van der Waals surface area contributed by atoms with Crippen molar-refractivity contribution in [3.05, 3.63) is 58.5 Å². The smallest absolute Gasteiger partial charge is 0.247 e. The Hall–Kier alpha value is -2.58. The number of aromatic nitrogens is 1. The Kier molecular flexibility index (Phi) is 8.10. The Morgan fingerprint density at radius 3 is 3.07 bits per heavy atom. The van der Waals surface area contributed by atoms with E-state index in [1.807, 2.05) is 25.2 Å². The van der Waals surface area contributed by atoms with E-state index in [1.165, 1.54) is 11.8 Å². The average Bonchev–Trinajstić information content (AvgIpc) is 2.89. The minimum atomic E-state index is -0.101. The first-order valence-corrected chi connectivity index (χ1v) is 10.8. The number of ether oxygens (including phenoxy) is 1. The zero-order chi connectivity index (χ0) is 21.3. The van der Waals surface area contributed by atoms with Gasteiger partial charge in [-0.05, 0) is 36.9 Å². The third kappa shape index (κ3) is 6.47. The number of aliphatic imine (C=N–C) groups is 2. The van der Waals surface area contributed by atoms with Crippen molar-refractivity contribution in [3.8, 4) is 0 Å². The molecule has 3 rings (SSSR count). The highest BCUT2D eigenvalue weighted by Crippen LogP contribution is 2.28. The second kappa shape index (κ2) is 11.0. The normalized spacial score (nSPS) is 18.2. The number of oxazole rings is 1. The molecule has 1 amide bonds. The van der Waals surface area contributed by atoms with Crippen LogP contribution in [0.1, 0.15) is 31.4 Å². The number of hydrogen-bond acceptors (Lipinski definition) is 7.